The number of para-hydroxylation sites is 1. The first-order valence-electron chi connectivity index (χ1n) is 11.2. The molecule has 4 rings (SSSR count). The zero-order valence-electron chi connectivity index (χ0n) is 18.3. The first kappa shape index (κ1) is 20.9. The number of nitrogens with zero attached hydrogens (tertiary/aromatic N) is 2. The van der Waals surface area contributed by atoms with Crippen molar-refractivity contribution >= 4 is 23.7 Å². The van der Waals surface area contributed by atoms with Gasteiger partial charge in [0.25, 0.3) is 5.91 Å². The van der Waals surface area contributed by atoms with E-state index >= 15 is 0 Å². The summed E-state index contributed by atoms with van der Waals surface area (Å²) in [7, 11) is 0. The van der Waals surface area contributed by atoms with Gasteiger partial charge in [0.2, 0.25) is 0 Å². The van der Waals surface area contributed by atoms with Gasteiger partial charge in [-0.1, -0.05) is 38.1 Å². The zero-order valence-corrected chi connectivity index (χ0v) is 18.3. The van der Waals surface area contributed by atoms with Crippen LogP contribution in [-0.4, -0.2) is 35.5 Å². The Morgan fingerprint density at radius 2 is 1.87 bits per heavy atom. The van der Waals surface area contributed by atoms with Crippen LogP contribution in [0.15, 0.2) is 48.7 Å². The lowest BCUT2D eigenvalue weighted by Gasteiger charge is -2.25. The third kappa shape index (κ3) is 4.71. The lowest BCUT2D eigenvalue weighted by molar-refractivity contribution is 0.0946. The van der Waals surface area contributed by atoms with E-state index in [1.54, 1.807) is 0 Å². The molecule has 1 aromatic carbocycles. The maximum atomic E-state index is 12.1. The largest absolute Gasteiger partial charge is 0.371 e. The van der Waals surface area contributed by atoms with Crippen molar-refractivity contribution in [3.05, 3.63) is 71.2 Å². The van der Waals surface area contributed by atoms with E-state index in [4.69, 9.17) is 0 Å². The van der Waals surface area contributed by atoms with Crippen LogP contribution in [0.4, 0.5) is 5.69 Å². The monoisotopic (exact) mass is 414 g/mol. The van der Waals surface area contributed by atoms with Crippen molar-refractivity contribution in [1.29, 1.82) is 0 Å². The van der Waals surface area contributed by atoms with Crippen molar-refractivity contribution in [2.45, 2.75) is 33.1 Å². The molecule has 1 amide bonds. The average Bonchev–Trinajstić information content (AvgIpc) is 3.24. The van der Waals surface area contributed by atoms with Gasteiger partial charge in [-0.2, -0.15) is 0 Å². The molecule has 0 saturated carbocycles. The summed E-state index contributed by atoms with van der Waals surface area (Å²) in [5.41, 5.74) is 7.09. The minimum atomic E-state index is -0.00162. The second-order valence-electron chi connectivity index (χ2n) is 7.93. The number of benzene rings is 1. The summed E-state index contributed by atoms with van der Waals surface area (Å²) in [5, 5.41) is 2.90. The van der Waals surface area contributed by atoms with Gasteiger partial charge in [0.15, 0.2) is 0 Å². The van der Waals surface area contributed by atoms with Gasteiger partial charge in [0, 0.05) is 54.9 Å². The molecule has 2 aromatic heterocycles. The Kier molecular flexibility index (Phi) is 6.51. The minimum absolute atomic E-state index is 0.00162. The van der Waals surface area contributed by atoms with Gasteiger partial charge in [0.05, 0.1) is 11.3 Å². The van der Waals surface area contributed by atoms with E-state index in [1.807, 2.05) is 18.3 Å². The molecule has 0 saturated heterocycles. The molecule has 1 aliphatic rings. The van der Waals surface area contributed by atoms with E-state index in [0.717, 1.165) is 60.6 Å². The van der Waals surface area contributed by atoms with E-state index in [-0.39, 0.29) is 5.91 Å². The molecule has 0 bridgehead atoms. The molecule has 2 N–H and O–H groups in total. The Labute approximate surface area is 184 Å². The molecule has 0 atom stereocenters. The number of anilines is 1. The second-order valence-corrected chi connectivity index (χ2v) is 7.93. The Balaban J connectivity index is 1.60. The van der Waals surface area contributed by atoms with Gasteiger partial charge in [-0.05, 0) is 48.7 Å². The summed E-state index contributed by atoms with van der Waals surface area (Å²) in [6.07, 6.45) is 9.11. The highest BCUT2D eigenvalue weighted by molar-refractivity contribution is 5.97. The average molecular weight is 415 g/mol. The molecule has 0 unspecified atom stereocenters. The highest BCUT2D eigenvalue weighted by atomic mass is 16.1. The minimum Gasteiger partial charge on any atom is -0.371 e. The molecule has 0 aliphatic carbocycles. The summed E-state index contributed by atoms with van der Waals surface area (Å²) in [6, 6.07) is 14.5. The van der Waals surface area contributed by atoms with E-state index in [0.29, 0.717) is 6.54 Å². The standard InChI is InChI=1S/C26H30N4O/c1-3-15-30(16-4-2)25-8-6-5-7-19(25)9-10-21-17-20(11-13-27-21)24-18-22-23(29-24)12-14-28-26(22)31/h5-11,13,17-18,29H,3-4,12,14-16H2,1-2H3,(H,28,31)/b10-9+. The fraction of sp³-hybridized carbons (Fsp3) is 0.308. The number of carbonyl (C=O) groups excluding carboxylic acids is 1. The zero-order chi connectivity index (χ0) is 21.6. The molecule has 1 aliphatic heterocycles. The second kappa shape index (κ2) is 9.65. The molecule has 3 aromatic rings. The molecule has 5 nitrogen and oxygen atoms in total. The van der Waals surface area contributed by atoms with Crippen LogP contribution in [0.25, 0.3) is 23.4 Å². The molecular formula is C26H30N4O. The number of amides is 1. The molecule has 0 radical (unpaired) electrons. The van der Waals surface area contributed by atoms with E-state index in [2.05, 4.69) is 76.5 Å². The summed E-state index contributed by atoms with van der Waals surface area (Å²) in [4.78, 5) is 22.5. The van der Waals surface area contributed by atoms with Crippen LogP contribution < -0.4 is 10.2 Å². The van der Waals surface area contributed by atoms with Crippen molar-refractivity contribution in [3.63, 3.8) is 0 Å². The number of nitrogens with one attached hydrogen (secondary N) is 2. The van der Waals surface area contributed by atoms with Gasteiger partial charge < -0.3 is 15.2 Å². The van der Waals surface area contributed by atoms with Crippen LogP contribution in [0.1, 0.15) is 54.0 Å². The molecule has 3 heterocycles. The van der Waals surface area contributed by atoms with Gasteiger partial charge in [-0.3, -0.25) is 9.78 Å². The fourth-order valence-corrected chi connectivity index (χ4v) is 4.14. The quantitative estimate of drug-likeness (QED) is 0.535. The Bertz CT molecular complexity index is 1080. The molecule has 31 heavy (non-hydrogen) atoms. The molecule has 160 valence electrons. The molecular weight excluding hydrogens is 384 g/mol. The number of pyridine rings is 1. The van der Waals surface area contributed by atoms with Crippen molar-refractivity contribution in [3.8, 4) is 11.3 Å². The van der Waals surface area contributed by atoms with Crippen LogP contribution in [0.3, 0.4) is 0 Å². The van der Waals surface area contributed by atoms with Gasteiger partial charge >= 0.3 is 0 Å². The third-order valence-corrected chi connectivity index (χ3v) is 5.59. The number of hydrogen-bond donors (Lipinski definition) is 2. The normalized spacial score (nSPS) is 13.3. The first-order chi connectivity index (χ1) is 15.2. The fourth-order valence-electron chi connectivity index (χ4n) is 4.14. The summed E-state index contributed by atoms with van der Waals surface area (Å²) in [5.74, 6) is -0.00162. The van der Waals surface area contributed by atoms with Crippen molar-refractivity contribution in [2.24, 2.45) is 0 Å². The molecule has 0 spiro atoms. The van der Waals surface area contributed by atoms with E-state index in [9.17, 15) is 4.79 Å². The number of hydrogen-bond acceptors (Lipinski definition) is 3. The Hall–Kier alpha value is -3.34. The van der Waals surface area contributed by atoms with Crippen LogP contribution in [0, 0.1) is 0 Å². The van der Waals surface area contributed by atoms with Gasteiger partial charge in [0.1, 0.15) is 0 Å². The number of aromatic nitrogens is 2. The maximum absolute atomic E-state index is 12.1. The Morgan fingerprint density at radius 1 is 1.06 bits per heavy atom. The summed E-state index contributed by atoms with van der Waals surface area (Å²) < 4.78 is 0. The molecule has 5 heteroatoms. The SMILES string of the molecule is CCCN(CCC)c1ccccc1/C=C/c1cc(-c2cc3c([nH]2)CCNC3=O)ccn1. The number of aromatic amines is 1. The highest BCUT2D eigenvalue weighted by Crippen LogP contribution is 2.26. The van der Waals surface area contributed by atoms with Gasteiger partial charge in [-0.15, -0.1) is 0 Å². The Morgan fingerprint density at radius 3 is 2.65 bits per heavy atom. The predicted molar refractivity (Wildman–Crippen MR) is 128 cm³/mol. The van der Waals surface area contributed by atoms with Crippen LogP contribution in [0.2, 0.25) is 0 Å². The third-order valence-electron chi connectivity index (χ3n) is 5.59. The number of H-pyrrole nitrogens is 1. The van der Waals surface area contributed by atoms with Crippen molar-refractivity contribution < 1.29 is 4.79 Å². The van der Waals surface area contributed by atoms with Crippen molar-refractivity contribution in [2.75, 3.05) is 24.5 Å². The lowest BCUT2D eigenvalue weighted by atomic mass is 10.1. The lowest BCUT2D eigenvalue weighted by Crippen LogP contribution is -2.31. The number of fused-ring (bicyclic) bond motifs is 1. The summed E-state index contributed by atoms with van der Waals surface area (Å²) in [6.45, 7) is 7.23. The first-order valence-corrected chi connectivity index (χ1v) is 11.2. The van der Waals surface area contributed by atoms with Crippen LogP contribution in [0.5, 0.6) is 0 Å². The predicted octanol–water partition coefficient (Wildman–Crippen LogP) is 5.16. The number of carbonyl (C=O) groups is 1. The van der Waals surface area contributed by atoms with Crippen LogP contribution in [-0.2, 0) is 6.42 Å². The van der Waals surface area contributed by atoms with E-state index < -0.39 is 0 Å². The number of rotatable bonds is 8. The smallest absolute Gasteiger partial charge is 0.253 e. The summed E-state index contributed by atoms with van der Waals surface area (Å²) >= 11 is 0. The highest BCUT2D eigenvalue weighted by Gasteiger charge is 2.19. The van der Waals surface area contributed by atoms with Crippen molar-refractivity contribution in [1.82, 2.24) is 15.3 Å². The maximum Gasteiger partial charge on any atom is 0.253 e. The van der Waals surface area contributed by atoms with Crippen LogP contribution >= 0.6 is 0 Å². The topological polar surface area (TPSA) is 61.0 Å². The van der Waals surface area contributed by atoms with E-state index in [1.165, 1.54) is 11.3 Å². The van der Waals surface area contributed by atoms with Gasteiger partial charge in [-0.25, -0.2) is 0 Å². The molecule has 0 fully saturated rings.